The lowest BCUT2D eigenvalue weighted by Gasteiger charge is -2.15. The summed E-state index contributed by atoms with van der Waals surface area (Å²) in [6.45, 7) is 5.18. The molecule has 0 rings (SSSR count). The van der Waals surface area contributed by atoms with Gasteiger partial charge in [-0.3, -0.25) is 4.79 Å². The quantitative estimate of drug-likeness (QED) is 0.0379. The number of unbranched alkanes of at least 4 members (excludes halogenated alkanes) is 25. The third-order valence-corrected chi connectivity index (χ3v) is 10.6. The first-order valence-corrected chi connectivity index (χ1v) is 24.5. The Kier molecular flexibility index (Phi) is 48.1. The molecule has 0 spiro atoms. The van der Waals surface area contributed by atoms with E-state index in [1.165, 1.54) is 161 Å². The van der Waals surface area contributed by atoms with Gasteiger partial charge in [-0.2, -0.15) is 0 Å². The first kappa shape index (κ1) is 54.8. The third-order valence-electron chi connectivity index (χ3n) is 10.6. The number of aliphatic hydroxyl groups is 1. The predicted octanol–water partition coefficient (Wildman–Crippen LogP) is 16.5. The fourth-order valence-electron chi connectivity index (χ4n) is 6.94. The smallest absolute Gasteiger partial charge is 0.306 e. The molecule has 0 aliphatic carbocycles. The Hall–Kier alpha value is -2.17. The number of rotatable bonds is 45. The Labute approximate surface area is 355 Å². The number of hydrogen-bond acceptors (Lipinski definition) is 4. The van der Waals surface area contributed by atoms with E-state index in [1.807, 2.05) is 6.08 Å². The number of aliphatic hydroxyl groups excluding tert-OH is 1. The van der Waals surface area contributed by atoms with Gasteiger partial charge in [0, 0.05) is 13.0 Å². The summed E-state index contributed by atoms with van der Waals surface area (Å²) in [5.41, 5.74) is 0. The fourth-order valence-corrected chi connectivity index (χ4v) is 6.94. The van der Waals surface area contributed by atoms with Crippen LogP contribution >= 0.6 is 0 Å². The summed E-state index contributed by atoms with van der Waals surface area (Å²) in [5.74, 6) is -0.280. The maximum atomic E-state index is 12.2. The highest BCUT2D eigenvalue weighted by molar-refractivity contribution is 5.69. The normalized spacial score (nSPS) is 13.0. The van der Waals surface area contributed by atoms with Gasteiger partial charge < -0.3 is 14.6 Å². The molecule has 0 aliphatic heterocycles. The summed E-state index contributed by atoms with van der Waals surface area (Å²) in [5, 5.41) is 9.62. The molecule has 1 N–H and O–H groups in total. The number of hydrogen-bond donors (Lipinski definition) is 1. The first-order chi connectivity index (χ1) is 28.2. The van der Waals surface area contributed by atoms with E-state index in [-0.39, 0.29) is 19.2 Å². The van der Waals surface area contributed by atoms with Crippen LogP contribution in [0.15, 0.2) is 72.9 Å². The number of allylic oxidation sites excluding steroid dienone is 12. The summed E-state index contributed by atoms with van der Waals surface area (Å²) in [6, 6.07) is 0. The predicted molar refractivity (Wildman–Crippen MR) is 251 cm³/mol. The van der Waals surface area contributed by atoms with Crippen LogP contribution in [0.5, 0.6) is 0 Å². The van der Waals surface area contributed by atoms with Gasteiger partial charge >= 0.3 is 5.97 Å². The highest BCUT2D eigenvalue weighted by Crippen LogP contribution is 2.16. The maximum Gasteiger partial charge on any atom is 0.306 e. The van der Waals surface area contributed by atoms with Crippen LogP contribution in [0, 0.1) is 0 Å². The molecule has 0 amide bonds. The molecule has 0 aromatic rings. The van der Waals surface area contributed by atoms with Crippen molar-refractivity contribution in [1.29, 1.82) is 0 Å². The van der Waals surface area contributed by atoms with E-state index in [0.717, 1.165) is 44.9 Å². The monoisotopic (exact) mass is 795 g/mol. The van der Waals surface area contributed by atoms with Crippen LogP contribution in [-0.2, 0) is 14.3 Å². The zero-order valence-electron chi connectivity index (χ0n) is 37.8. The molecular formula is C53H94O4. The highest BCUT2D eigenvalue weighted by Gasteiger charge is 2.13. The molecule has 0 bridgehead atoms. The van der Waals surface area contributed by atoms with Crippen molar-refractivity contribution in [3.05, 3.63) is 72.9 Å². The molecule has 0 aromatic heterocycles. The molecule has 1 atom stereocenters. The molecule has 0 aromatic carbocycles. The molecule has 0 saturated carbocycles. The summed E-state index contributed by atoms with van der Waals surface area (Å²) < 4.78 is 11.1. The number of carbonyl (C=O) groups is 1. The van der Waals surface area contributed by atoms with Crippen molar-refractivity contribution in [3.8, 4) is 0 Å². The SMILES string of the molecule is CC/C=C\C/C=C\C/C=C\C/C=C\C/C=C\C/C=C\CCC(=O)OC(CO)COCCCCCCCCCCCCCCCCCCCCCCCCCCCC. The van der Waals surface area contributed by atoms with Crippen LogP contribution < -0.4 is 0 Å². The third kappa shape index (κ3) is 48.1. The first-order valence-electron chi connectivity index (χ1n) is 24.5. The minimum atomic E-state index is -0.577. The van der Waals surface area contributed by atoms with E-state index in [9.17, 15) is 9.90 Å². The highest BCUT2D eigenvalue weighted by atomic mass is 16.6. The lowest BCUT2D eigenvalue weighted by Crippen LogP contribution is -2.27. The van der Waals surface area contributed by atoms with Crippen molar-refractivity contribution in [2.75, 3.05) is 19.8 Å². The van der Waals surface area contributed by atoms with Gasteiger partial charge in [0.15, 0.2) is 0 Å². The topological polar surface area (TPSA) is 55.8 Å². The Morgan fingerprint density at radius 3 is 1.09 bits per heavy atom. The van der Waals surface area contributed by atoms with Crippen LogP contribution in [0.4, 0.5) is 0 Å². The minimum Gasteiger partial charge on any atom is -0.457 e. The minimum absolute atomic E-state index is 0.203. The van der Waals surface area contributed by atoms with Crippen molar-refractivity contribution in [2.45, 2.75) is 238 Å². The molecular weight excluding hydrogens is 701 g/mol. The molecule has 0 radical (unpaired) electrons. The largest absolute Gasteiger partial charge is 0.457 e. The second-order valence-corrected chi connectivity index (χ2v) is 16.2. The molecule has 4 heteroatoms. The van der Waals surface area contributed by atoms with E-state index in [1.54, 1.807) is 0 Å². The second-order valence-electron chi connectivity index (χ2n) is 16.2. The van der Waals surface area contributed by atoms with Crippen molar-refractivity contribution < 1.29 is 19.4 Å². The number of carbonyl (C=O) groups excluding carboxylic acids is 1. The van der Waals surface area contributed by atoms with E-state index >= 15 is 0 Å². The lowest BCUT2D eigenvalue weighted by atomic mass is 10.0. The summed E-state index contributed by atoms with van der Waals surface area (Å²) in [4.78, 5) is 12.2. The van der Waals surface area contributed by atoms with Crippen molar-refractivity contribution in [2.24, 2.45) is 0 Å². The molecule has 0 saturated heterocycles. The standard InChI is InChI=1S/C53H94O4/c1-3-5-7-9-11-13-15-17-19-21-23-24-25-26-27-28-29-31-33-35-37-39-41-43-45-47-49-56-51-52(50-54)57-53(55)48-46-44-42-40-38-36-34-32-30-22-20-18-16-14-12-10-8-6-4-2/h6,8,12,14,18,20,30,32,36,38,42,44,52,54H,3-5,7,9-11,13,15-17,19,21-29,31,33-35,37,39-41,43,45-51H2,1-2H3/b8-6-,14-12-,20-18-,32-30-,38-36-,44-42-. The van der Waals surface area contributed by atoms with Crippen molar-refractivity contribution >= 4 is 5.97 Å². The van der Waals surface area contributed by atoms with E-state index in [4.69, 9.17) is 9.47 Å². The molecule has 4 nitrogen and oxygen atoms in total. The van der Waals surface area contributed by atoms with Gasteiger partial charge in [0.25, 0.3) is 0 Å². The van der Waals surface area contributed by atoms with Crippen LogP contribution in [0.25, 0.3) is 0 Å². The molecule has 1 unspecified atom stereocenters. The van der Waals surface area contributed by atoms with Crippen LogP contribution in [-0.4, -0.2) is 37.0 Å². The Morgan fingerprint density at radius 1 is 0.439 bits per heavy atom. The van der Waals surface area contributed by atoms with Crippen LogP contribution in [0.3, 0.4) is 0 Å². The Bertz CT molecular complexity index is 973. The average molecular weight is 795 g/mol. The summed E-state index contributed by atoms with van der Waals surface area (Å²) in [6.07, 6.45) is 68.7. The zero-order valence-corrected chi connectivity index (χ0v) is 37.8. The zero-order chi connectivity index (χ0) is 41.2. The van der Waals surface area contributed by atoms with Gasteiger partial charge in [0.1, 0.15) is 6.10 Å². The molecule has 0 heterocycles. The molecule has 0 fully saturated rings. The fraction of sp³-hybridized carbons (Fsp3) is 0.755. The van der Waals surface area contributed by atoms with E-state index in [2.05, 4.69) is 80.7 Å². The van der Waals surface area contributed by atoms with Gasteiger partial charge in [-0.05, 0) is 51.4 Å². The van der Waals surface area contributed by atoms with Gasteiger partial charge in [-0.1, -0.05) is 247 Å². The number of esters is 1. The van der Waals surface area contributed by atoms with Gasteiger partial charge in [0.05, 0.1) is 13.2 Å². The molecule has 0 aliphatic rings. The van der Waals surface area contributed by atoms with Crippen LogP contribution in [0.2, 0.25) is 0 Å². The van der Waals surface area contributed by atoms with Crippen LogP contribution in [0.1, 0.15) is 232 Å². The van der Waals surface area contributed by atoms with E-state index < -0.39 is 6.10 Å². The van der Waals surface area contributed by atoms with Crippen molar-refractivity contribution in [1.82, 2.24) is 0 Å². The van der Waals surface area contributed by atoms with Gasteiger partial charge in [-0.25, -0.2) is 0 Å². The lowest BCUT2D eigenvalue weighted by molar-refractivity contribution is -0.154. The van der Waals surface area contributed by atoms with Gasteiger partial charge in [0.2, 0.25) is 0 Å². The Morgan fingerprint density at radius 2 is 0.754 bits per heavy atom. The maximum absolute atomic E-state index is 12.2. The molecule has 330 valence electrons. The van der Waals surface area contributed by atoms with Crippen molar-refractivity contribution in [3.63, 3.8) is 0 Å². The average Bonchev–Trinajstić information content (AvgIpc) is 3.22. The summed E-state index contributed by atoms with van der Waals surface area (Å²) >= 11 is 0. The second kappa shape index (κ2) is 50.0. The van der Waals surface area contributed by atoms with E-state index in [0.29, 0.717) is 19.4 Å². The van der Waals surface area contributed by atoms with Gasteiger partial charge in [-0.15, -0.1) is 0 Å². The summed E-state index contributed by atoms with van der Waals surface area (Å²) in [7, 11) is 0. The molecule has 57 heavy (non-hydrogen) atoms. The Balaban J connectivity index is 3.47. The number of ether oxygens (including phenoxy) is 2.